The SMILES string of the molecule is C=CC[C@@H]1C[C@@H](COc2ccc(C(=O)Nc3ccc(C#N)cc3)cc2)N(CCCc2ccccc2)C1=O. The zero-order valence-corrected chi connectivity index (χ0v) is 20.8. The molecular weight excluding hydrogens is 462 g/mol. The third-order valence-corrected chi connectivity index (χ3v) is 6.62. The molecule has 2 amide bonds. The lowest BCUT2D eigenvalue weighted by Crippen LogP contribution is -2.38. The van der Waals surface area contributed by atoms with Crippen molar-refractivity contribution < 1.29 is 14.3 Å². The van der Waals surface area contributed by atoms with Crippen LogP contribution in [0.1, 0.15) is 40.7 Å². The van der Waals surface area contributed by atoms with Gasteiger partial charge in [-0.05, 0) is 79.8 Å². The molecule has 0 saturated carbocycles. The Hall–Kier alpha value is -4.37. The predicted molar refractivity (Wildman–Crippen MR) is 144 cm³/mol. The summed E-state index contributed by atoms with van der Waals surface area (Å²) >= 11 is 0. The van der Waals surface area contributed by atoms with Crippen LogP contribution in [0.2, 0.25) is 0 Å². The van der Waals surface area contributed by atoms with Crippen LogP contribution in [0.25, 0.3) is 0 Å². The van der Waals surface area contributed by atoms with Gasteiger partial charge in [0.15, 0.2) is 0 Å². The molecule has 0 radical (unpaired) electrons. The molecule has 0 unspecified atom stereocenters. The first-order valence-electron chi connectivity index (χ1n) is 12.6. The first-order chi connectivity index (χ1) is 18.1. The normalized spacial score (nSPS) is 16.7. The Bertz CT molecular complexity index is 1250. The first kappa shape index (κ1) is 25.7. The van der Waals surface area contributed by atoms with Crippen LogP contribution in [0, 0.1) is 17.2 Å². The highest BCUT2D eigenvalue weighted by atomic mass is 16.5. The number of carbonyl (C=O) groups excluding carboxylic acids is 2. The fourth-order valence-electron chi connectivity index (χ4n) is 4.64. The maximum absolute atomic E-state index is 13.0. The van der Waals surface area contributed by atoms with Crippen molar-refractivity contribution in [1.29, 1.82) is 5.26 Å². The topological polar surface area (TPSA) is 82.4 Å². The van der Waals surface area contributed by atoms with Crippen molar-refractivity contribution in [3.8, 4) is 11.8 Å². The fraction of sp³-hybridized carbons (Fsp3) is 0.258. The summed E-state index contributed by atoms with van der Waals surface area (Å²) in [4.78, 5) is 27.6. The Morgan fingerprint density at radius 2 is 1.81 bits per heavy atom. The highest BCUT2D eigenvalue weighted by Crippen LogP contribution is 2.29. The molecule has 0 spiro atoms. The van der Waals surface area contributed by atoms with Gasteiger partial charge in [-0.25, -0.2) is 0 Å². The Kier molecular flexibility index (Phi) is 8.72. The van der Waals surface area contributed by atoms with Gasteiger partial charge in [0.1, 0.15) is 12.4 Å². The first-order valence-corrected chi connectivity index (χ1v) is 12.6. The van der Waals surface area contributed by atoms with Gasteiger partial charge in [-0.1, -0.05) is 36.4 Å². The van der Waals surface area contributed by atoms with Crippen LogP contribution in [0.3, 0.4) is 0 Å². The van der Waals surface area contributed by atoms with E-state index in [1.165, 1.54) is 5.56 Å². The maximum atomic E-state index is 13.0. The van der Waals surface area contributed by atoms with Crippen LogP contribution in [-0.4, -0.2) is 35.9 Å². The number of anilines is 1. The van der Waals surface area contributed by atoms with Gasteiger partial charge in [-0.2, -0.15) is 5.26 Å². The summed E-state index contributed by atoms with van der Waals surface area (Å²) < 4.78 is 6.06. The van der Waals surface area contributed by atoms with Crippen molar-refractivity contribution in [1.82, 2.24) is 4.90 Å². The third-order valence-electron chi connectivity index (χ3n) is 6.62. The van der Waals surface area contributed by atoms with Crippen molar-refractivity contribution in [2.45, 2.75) is 31.7 Å². The number of likely N-dealkylation sites (tertiary alicyclic amines) is 1. The zero-order chi connectivity index (χ0) is 26.0. The number of nitriles is 1. The highest BCUT2D eigenvalue weighted by molar-refractivity contribution is 6.04. The minimum Gasteiger partial charge on any atom is -0.491 e. The molecule has 1 fully saturated rings. The van der Waals surface area contributed by atoms with E-state index in [0.29, 0.717) is 42.1 Å². The van der Waals surface area contributed by atoms with Crippen LogP contribution in [0.15, 0.2) is 91.5 Å². The average Bonchev–Trinajstić information content (AvgIpc) is 3.23. The Morgan fingerprint density at radius 1 is 1.08 bits per heavy atom. The maximum Gasteiger partial charge on any atom is 0.255 e. The van der Waals surface area contributed by atoms with E-state index in [-0.39, 0.29) is 23.8 Å². The molecule has 1 saturated heterocycles. The molecule has 188 valence electrons. The number of aryl methyl sites for hydroxylation is 1. The van der Waals surface area contributed by atoms with Gasteiger partial charge in [0.05, 0.1) is 17.7 Å². The number of rotatable bonds is 11. The lowest BCUT2D eigenvalue weighted by Gasteiger charge is -2.25. The smallest absolute Gasteiger partial charge is 0.255 e. The van der Waals surface area contributed by atoms with E-state index in [1.807, 2.05) is 29.2 Å². The fourth-order valence-corrected chi connectivity index (χ4v) is 4.64. The van der Waals surface area contributed by atoms with E-state index >= 15 is 0 Å². The number of allylic oxidation sites excluding steroid dienone is 1. The molecule has 0 bridgehead atoms. The molecule has 6 nitrogen and oxygen atoms in total. The molecule has 1 aliphatic heterocycles. The largest absolute Gasteiger partial charge is 0.491 e. The molecule has 1 heterocycles. The molecule has 1 N–H and O–H groups in total. The average molecular weight is 494 g/mol. The van der Waals surface area contributed by atoms with Crippen molar-refractivity contribution in [3.05, 3.63) is 108 Å². The molecule has 37 heavy (non-hydrogen) atoms. The molecule has 3 aromatic rings. The summed E-state index contributed by atoms with van der Waals surface area (Å²) in [6, 6.07) is 26.0. The van der Waals surface area contributed by atoms with Gasteiger partial charge >= 0.3 is 0 Å². The summed E-state index contributed by atoms with van der Waals surface area (Å²) in [6.45, 7) is 4.92. The van der Waals surface area contributed by atoms with Crippen molar-refractivity contribution in [2.24, 2.45) is 5.92 Å². The second-order valence-electron chi connectivity index (χ2n) is 9.21. The van der Waals surface area contributed by atoms with Crippen LogP contribution in [-0.2, 0) is 11.2 Å². The predicted octanol–water partition coefficient (Wildman–Crippen LogP) is 5.62. The molecule has 0 aromatic heterocycles. The quantitative estimate of drug-likeness (QED) is 0.352. The Morgan fingerprint density at radius 3 is 2.49 bits per heavy atom. The van der Waals surface area contributed by atoms with Crippen molar-refractivity contribution in [2.75, 3.05) is 18.5 Å². The van der Waals surface area contributed by atoms with Gasteiger partial charge < -0.3 is 15.0 Å². The van der Waals surface area contributed by atoms with Gasteiger partial charge in [0.2, 0.25) is 5.91 Å². The highest BCUT2D eigenvalue weighted by Gasteiger charge is 2.38. The van der Waals surface area contributed by atoms with Crippen molar-refractivity contribution in [3.63, 3.8) is 0 Å². The minimum absolute atomic E-state index is 0.00702. The number of carbonyl (C=O) groups is 2. The molecule has 0 aliphatic carbocycles. The third kappa shape index (κ3) is 6.86. The number of amides is 2. The molecule has 4 rings (SSSR count). The van der Waals surface area contributed by atoms with Crippen LogP contribution in [0.4, 0.5) is 5.69 Å². The summed E-state index contributed by atoms with van der Waals surface area (Å²) in [6.07, 6.45) is 5.07. The van der Waals surface area contributed by atoms with Gasteiger partial charge in [-0.15, -0.1) is 6.58 Å². The molecular formula is C31H31N3O3. The monoisotopic (exact) mass is 493 g/mol. The van der Waals surface area contributed by atoms with E-state index in [1.54, 1.807) is 48.5 Å². The molecule has 6 heteroatoms. The number of nitrogens with one attached hydrogen (secondary N) is 1. The summed E-state index contributed by atoms with van der Waals surface area (Å²) in [5.41, 5.74) is 2.93. The van der Waals surface area contributed by atoms with Crippen molar-refractivity contribution >= 4 is 17.5 Å². The van der Waals surface area contributed by atoms with E-state index in [4.69, 9.17) is 10.00 Å². The van der Waals surface area contributed by atoms with Gasteiger partial charge in [0, 0.05) is 23.7 Å². The number of benzene rings is 3. The lowest BCUT2D eigenvalue weighted by molar-refractivity contribution is -0.132. The molecule has 2 atom stereocenters. The van der Waals surface area contributed by atoms with Crippen LogP contribution < -0.4 is 10.1 Å². The lowest BCUT2D eigenvalue weighted by atomic mass is 10.0. The Labute approximate surface area is 218 Å². The summed E-state index contributed by atoms with van der Waals surface area (Å²) in [5.74, 6) is 0.542. The summed E-state index contributed by atoms with van der Waals surface area (Å²) in [5, 5.41) is 11.7. The molecule has 3 aromatic carbocycles. The van der Waals surface area contributed by atoms with Gasteiger partial charge in [0.25, 0.3) is 5.91 Å². The van der Waals surface area contributed by atoms with E-state index in [9.17, 15) is 9.59 Å². The van der Waals surface area contributed by atoms with Crippen LogP contribution >= 0.6 is 0 Å². The van der Waals surface area contributed by atoms with Gasteiger partial charge in [-0.3, -0.25) is 9.59 Å². The van der Waals surface area contributed by atoms with E-state index in [2.05, 4.69) is 30.1 Å². The van der Waals surface area contributed by atoms with E-state index in [0.717, 1.165) is 19.3 Å². The van der Waals surface area contributed by atoms with Crippen LogP contribution in [0.5, 0.6) is 5.75 Å². The number of nitrogens with zero attached hydrogens (tertiary/aromatic N) is 2. The molecule has 1 aliphatic rings. The number of ether oxygens (including phenoxy) is 1. The minimum atomic E-state index is -0.241. The Balaban J connectivity index is 1.32. The number of hydrogen-bond acceptors (Lipinski definition) is 4. The number of hydrogen-bond donors (Lipinski definition) is 1. The standard InChI is InChI=1S/C31H31N3O3/c1-2-7-26-20-28(34(31(26)36)19-6-10-23-8-4-3-5-9-23)22-37-29-17-13-25(14-18-29)30(35)33-27-15-11-24(21-32)12-16-27/h2-5,8-9,11-18,26,28H,1,6-7,10,19-20,22H2,(H,33,35)/t26-,28+/m1/s1. The summed E-state index contributed by atoms with van der Waals surface area (Å²) in [7, 11) is 0. The second kappa shape index (κ2) is 12.5. The second-order valence-corrected chi connectivity index (χ2v) is 9.21. The zero-order valence-electron chi connectivity index (χ0n) is 20.8. The van der Waals surface area contributed by atoms with E-state index < -0.39 is 0 Å².